The second-order valence-corrected chi connectivity index (χ2v) is 4.27. The van der Waals surface area contributed by atoms with Gasteiger partial charge in [0, 0.05) is 6.92 Å². The highest BCUT2D eigenvalue weighted by Crippen LogP contribution is 2.25. The molecule has 0 saturated heterocycles. The molecule has 2 aromatic rings. The zero-order valence-electron chi connectivity index (χ0n) is 10.9. The van der Waals surface area contributed by atoms with Crippen LogP contribution in [0.4, 0.5) is 0 Å². The number of carbonyl (C=O) groups excluding carboxylic acids is 2. The molecule has 0 bridgehead atoms. The van der Waals surface area contributed by atoms with Gasteiger partial charge in [-0.3, -0.25) is 9.59 Å². The molecule has 102 valence electrons. The molecular weight excluding hydrogens is 256 g/mol. The standard InChI is InChI=1S/C16H14O4/c1-11(17)20-14-10-6-5-9-13(14)16(19)15(18)12-7-3-2-4-8-12/h2-10,15,18H,1H3. The number of hydrogen-bond acceptors (Lipinski definition) is 4. The number of carbonyl (C=O) groups is 2. The summed E-state index contributed by atoms with van der Waals surface area (Å²) in [6, 6.07) is 15.0. The van der Waals surface area contributed by atoms with Crippen LogP contribution in [0.2, 0.25) is 0 Å². The molecule has 2 aromatic carbocycles. The molecule has 0 saturated carbocycles. The number of ether oxygens (including phenoxy) is 1. The molecule has 0 fully saturated rings. The van der Waals surface area contributed by atoms with Crippen LogP contribution in [-0.2, 0) is 4.79 Å². The number of aliphatic hydroxyl groups is 1. The van der Waals surface area contributed by atoms with Crippen LogP contribution in [0.3, 0.4) is 0 Å². The maximum Gasteiger partial charge on any atom is 0.308 e. The average molecular weight is 270 g/mol. The highest BCUT2D eigenvalue weighted by Gasteiger charge is 2.22. The van der Waals surface area contributed by atoms with Gasteiger partial charge in [0.1, 0.15) is 11.9 Å². The number of aliphatic hydroxyl groups excluding tert-OH is 1. The molecule has 4 heteroatoms. The Morgan fingerprint density at radius 2 is 1.60 bits per heavy atom. The third-order valence-corrected chi connectivity index (χ3v) is 2.77. The van der Waals surface area contributed by atoms with Crippen molar-refractivity contribution in [2.75, 3.05) is 0 Å². The highest BCUT2D eigenvalue weighted by molar-refractivity contribution is 6.02. The normalized spacial score (nSPS) is 11.7. The molecule has 0 aliphatic rings. The van der Waals surface area contributed by atoms with Gasteiger partial charge in [0.2, 0.25) is 0 Å². The van der Waals surface area contributed by atoms with Gasteiger partial charge in [-0.05, 0) is 17.7 Å². The second kappa shape index (κ2) is 6.12. The lowest BCUT2D eigenvalue weighted by Gasteiger charge is -2.12. The van der Waals surface area contributed by atoms with Crippen LogP contribution in [-0.4, -0.2) is 16.9 Å². The summed E-state index contributed by atoms with van der Waals surface area (Å²) in [4.78, 5) is 23.3. The maximum absolute atomic E-state index is 12.3. The van der Waals surface area contributed by atoms with Gasteiger partial charge in [0.05, 0.1) is 5.56 Å². The van der Waals surface area contributed by atoms with Gasteiger partial charge in [-0.1, -0.05) is 42.5 Å². The highest BCUT2D eigenvalue weighted by atomic mass is 16.5. The van der Waals surface area contributed by atoms with Gasteiger partial charge in [0.15, 0.2) is 5.78 Å². The Balaban J connectivity index is 2.32. The summed E-state index contributed by atoms with van der Waals surface area (Å²) in [5, 5.41) is 10.1. The van der Waals surface area contributed by atoms with Crippen LogP contribution in [0.5, 0.6) is 5.75 Å². The van der Waals surface area contributed by atoms with Crippen molar-refractivity contribution >= 4 is 11.8 Å². The molecule has 0 spiro atoms. The average Bonchev–Trinajstić information content (AvgIpc) is 2.46. The first-order valence-corrected chi connectivity index (χ1v) is 6.14. The fraction of sp³-hybridized carbons (Fsp3) is 0.125. The van der Waals surface area contributed by atoms with Gasteiger partial charge in [-0.25, -0.2) is 0 Å². The van der Waals surface area contributed by atoms with Gasteiger partial charge in [0.25, 0.3) is 0 Å². The third-order valence-electron chi connectivity index (χ3n) is 2.77. The van der Waals surface area contributed by atoms with Crippen molar-refractivity contribution in [3.8, 4) is 5.75 Å². The van der Waals surface area contributed by atoms with Crippen molar-refractivity contribution < 1.29 is 19.4 Å². The van der Waals surface area contributed by atoms with Crippen LogP contribution in [0.15, 0.2) is 54.6 Å². The van der Waals surface area contributed by atoms with Crippen molar-refractivity contribution in [3.63, 3.8) is 0 Å². The van der Waals surface area contributed by atoms with Crippen LogP contribution in [0.25, 0.3) is 0 Å². The lowest BCUT2D eigenvalue weighted by atomic mass is 9.99. The van der Waals surface area contributed by atoms with E-state index in [-0.39, 0.29) is 11.3 Å². The number of Topliss-reactive ketones (excluding diaryl/α,β-unsaturated/α-hetero) is 1. The monoisotopic (exact) mass is 270 g/mol. The Hall–Kier alpha value is -2.46. The Morgan fingerprint density at radius 1 is 1.00 bits per heavy atom. The van der Waals surface area contributed by atoms with E-state index in [9.17, 15) is 14.7 Å². The first kappa shape index (κ1) is 14.0. The smallest absolute Gasteiger partial charge is 0.308 e. The second-order valence-electron chi connectivity index (χ2n) is 4.27. The lowest BCUT2D eigenvalue weighted by molar-refractivity contribution is -0.131. The Labute approximate surface area is 116 Å². The van der Waals surface area contributed by atoms with E-state index < -0.39 is 17.9 Å². The molecule has 1 N–H and O–H groups in total. The number of benzene rings is 2. The molecule has 1 unspecified atom stereocenters. The first-order chi connectivity index (χ1) is 9.59. The summed E-state index contributed by atoms with van der Waals surface area (Å²) in [7, 11) is 0. The summed E-state index contributed by atoms with van der Waals surface area (Å²) >= 11 is 0. The lowest BCUT2D eigenvalue weighted by Crippen LogP contribution is -2.14. The molecule has 0 heterocycles. The first-order valence-electron chi connectivity index (χ1n) is 6.14. The number of rotatable bonds is 4. The molecule has 4 nitrogen and oxygen atoms in total. The van der Waals surface area contributed by atoms with E-state index in [1.807, 2.05) is 0 Å². The molecule has 0 aromatic heterocycles. The summed E-state index contributed by atoms with van der Waals surface area (Å²) in [6.07, 6.45) is -1.28. The molecule has 0 aliphatic carbocycles. The van der Waals surface area contributed by atoms with Crippen molar-refractivity contribution in [1.29, 1.82) is 0 Å². The van der Waals surface area contributed by atoms with Crippen molar-refractivity contribution in [1.82, 2.24) is 0 Å². The number of para-hydroxylation sites is 1. The Bertz CT molecular complexity index is 619. The minimum absolute atomic E-state index is 0.153. The molecular formula is C16H14O4. The van der Waals surface area contributed by atoms with Crippen LogP contribution in [0.1, 0.15) is 28.9 Å². The molecule has 2 rings (SSSR count). The molecule has 0 radical (unpaired) electrons. The van der Waals surface area contributed by atoms with Gasteiger partial charge < -0.3 is 9.84 Å². The quantitative estimate of drug-likeness (QED) is 0.527. The largest absolute Gasteiger partial charge is 0.426 e. The Morgan fingerprint density at radius 3 is 2.25 bits per heavy atom. The van der Waals surface area contributed by atoms with Gasteiger partial charge in [-0.2, -0.15) is 0 Å². The van der Waals surface area contributed by atoms with Crippen LogP contribution < -0.4 is 4.74 Å². The molecule has 20 heavy (non-hydrogen) atoms. The van der Waals surface area contributed by atoms with Gasteiger partial charge >= 0.3 is 5.97 Å². The van der Waals surface area contributed by atoms with Crippen molar-refractivity contribution in [2.45, 2.75) is 13.0 Å². The number of esters is 1. The topological polar surface area (TPSA) is 63.6 Å². The SMILES string of the molecule is CC(=O)Oc1ccccc1C(=O)C(O)c1ccccc1. The number of ketones is 1. The minimum Gasteiger partial charge on any atom is -0.426 e. The van der Waals surface area contributed by atoms with E-state index >= 15 is 0 Å². The van der Waals surface area contributed by atoms with Crippen molar-refractivity contribution in [2.24, 2.45) is 0 Å². The van der Waals surface area contributed by atoms with E-state index in [0.29, 0.717) is 5.56 Å². The Kier molecular flexibility index (Phi) is 4.27. The minimum atomic E-state index is -1.28. The summed E-state index contributed by atoms with van der Waals surface area (Å²) in [6.45, 7) is 1.26. The van der Waals surface area contributed by atoms with E-state index in [4.69, 9.17) is 4.74 Å². The zero-order valence-corrected chi connectivity index (χ0v) is 10.9. The molecule has 0 amide bonds. The van der Waals surface area contributed by atoms with Crippen LogP contribution >= 0.6 is 0 Å². The fourth-order valence-corrected chi connectivity index (χ4v) is 1.85. The molecule has 0 aliphatic heterocycles. The van der Waals surface area contributed by atoms with Crippen LogP contribution in [0, 0.1) is 0 Å². The van der Waals surface area contributed by atoms with Crippen molar-refractivity contribution in [3.05, 3.63) is 65.7 Å². The van der Waals surface area contributed by atoms with E-state index in [2.05, 4.69) is 0 Å². The maximum atomic E-state index is 12.3. The summed E-state index contributed by atoms with van der Waals surface area (Å²) in [5.74, 6) is -0.868. The molecule has 1 atom stereocenters. The third kappa shape index (κ3) is 3.10. The predicted molar refractivity (Wildman–Crippen MR) is 73.5 cm³/mol. The zero-order chi connectivity index (χ0) is 14.5. The summed E-state index contributed by atoms with van der Waals surface area (Å²) < 4.78 is 4.98. The summed E-state index contributed by atoms with van der Waals surface area (Å²) in [5.41, 5.74) is 0.675. The van der Waals surface area contributed by atoms with E-state index in [1.54, 1.807) is 42.5 Å². The predicted octanol–water partition coefficient (Wildman–Crippen LogP) is 2.53. The van der Waals surface area contributed by atoms with Gasteiger partial charge in [-0.15, -0.1) is 0 Å². The van der Waals surface area contributed by atoms with E-state index in [0.717, 1.165) is 0 Å². The fourth-order valence-electron chi connectivity index (χ4n) is 1.85. The van der Waals surface area contributed by atoms with E-state index in [1.165, 1.54) is 19.1 Å². The number of hydrogen-bond donors (Lipinski definition) is 1.